The average Bonchev–Trinajstić information content (AvgIpc) is 3.20. The van der Waals surface area contributed by atoms with Crippen LogP contribution in [-0.4, -0.2) is 36.3 Å². The molecule has 0 aliphatic carbocycles. The molecule has 3 aromatic rings. The molecule has 0 radical (unpaired) electrons. The highest BCUT2D eigenvalue weighted by Crippen LogP contribution is 2.34. The lowest BCUT2D eigenvalue weighted by Gasteiger charge is -2.27. The fourth-order valence-corrected chi connectivity index (χ4v) is 4.37. The molecule has 152 valence electrons. The smallest absolute Gasteiger partial charge is 0.146 e. The number of morpholine rings is 1. The Labute approximate surface area is 180 Å². The highest BCUT2D eigenvalue weighted by Gasteiger charge is 2.21. The Morgan fingerprint density at radius 1 is 1.14 bits per heavy atom. The normalized spacial score (nSPS) is 14.3. The van der Waals surface area contributed by atoms with Crippen molar-refractivity contribution in [1.29, 1.82) is 0 Å². The van der Waals surface area contributed by atoms with E-state index in [-0.39, 0.29) is 0 Å². The predicted molar refractivity (Wildman–Crippen MR) is 118 cm³/mol. The molecule has 0 amide bonds. The van der Waals surface area contributed by atoms with Crippen LogP contribution in [0, 0.1) is 0 Å². The molecule has 0 unspecified atom stereocenters. The Morgan fingerprint density at radius 3 is 2.69 bits per heavy atom. The van der Waals surface area contributed by atoms with Crippen LogP contribution in [0.4, 0.5) is 5.82 Å². The van der Waals surface area contributed by atoms with Gasteiger partial charge in [-0.15, -0.1) is 11.3 Å². The number of pyridine rings is 1. The van der Waals surface area contributed by atoms with Gasteiger partial charge in [0.05, 0.1) is 31.3 Å². The van der Waals surface area contributed by atoms with Crippen molar-refractivity contribution in [3.05, 3.63) is 63.8 Å². The summed E-state index contributed by atoms with van der Waals surface area (Å²) in [4.78, 5) is 12.8. The Hall–Kier alpha value is -1.99. The molecule has 4 rings (SSSR count). The van der Waals surface area contributed by atoms with E-state index in [9.17, 15) is 0 Å². The van der Waals surface area contributed by atoms with Gasteiger partial charge in [0.1, 0.15) is 10.8 Å². The standard InChI is InChI=1S/C22H24ClN3O2S/c1-2-19-13-17(7-8-24-19)22-25-21(26-9-11-27-12-10-26)20(29-22)15-28-14-16-3-5-18(23)6-4-16/h3-8,13H,2,9-12,14-15H2,1H3. The summed E-state index contributed by atoms with van der Waals surface area (Å²) in [6.07, 6.45) is 2.77. The van der Waals surface area contributed by atoms with E-state index in [2.05, 4.69) is 22.9 Å². The third-order valence-corrected chi connectivity index (χ3v) is 6.15. The van der Waals surface area contributed by atoms with Crippen LogP contribution < -0.4 is 4.90 Å². The minimum atomic E-state index is 0.526. The van der Waals surface area contributed by atoms with Crippen molar-refractivity contribution in [3.8, 4) is 10.6 Å². The Bertz CT molecular complexity index is 939. The van der Waals surface area contributed by atoms with Crippen molar-refractivity contribution in [2.24, 2.45) is 0 Å². The van der Waals surface area contributed by atoms with Crippen LogP contribution in [-0.2, 0) is 29.1 Å². The fraction of sp³-hybridized carbons (Fsp3) is 0.364. The third kappa shape index (κ3) is 5.14. The number of aryl methyl sites for hydroxylation is 1. The van der Waals surface area contributed by atoms with Crippen LogP contribution in [0.15, 0.2) is 42.6 Å². The molecule has 5 nitrogen and oxygen atoms in total. The third-order valence-electron chi connectivity index (χ3n) is 4.83. The molecule has 2 aromatic heterocycles. The number of anilines is 1. The first kappa shape index (κ1) is 20.3. The van der Waals surface area contributed by atoms with Crippen molar-refractivity contribution in [2.45, 2.75) is 26.6 Å². The molecule has 0 bridgehead atoms. The molecule has 1 aliphatic rings. The maximum absolute atomic E-state index is 6.03. The number of ether oxygens (including phenoxy) is 2. The van der Waals surface area contributed by atoms with Gasteiger partial charge in [-0.05, 0) is 36.2 Å². The van der Waals surface area contributed by atoms with E-state index in [1.54, 1.807) is 11.3 Å². The molecule has 0 saturated carbocycles. The van der Waals surface area contributed by atoms with Crippen molar-refractivity contribution in [1.82, 2.24) is 9.97 Å². The molecule has 1 aromatic carbocycles. The van der Waals surface area contributed by atoms with Crippen molar-refractivity contribution >= 4 is 28.8 Å². The second-order valence-electron chi connectivity index (χ2n) is 6.87. The van der Waals surface area contributed by atoms with Gasteiger partial charge in [0.2, 0.25) is 0 Å². The first-order valence-corrected chi connectivity index (χ1v) is 11.0. The van der Waals surface area contributed by atoms with E-state index in [0.29, 0.717) is 13.2 Å². The topological polar surface area (TPSA) is 47.5 Å². The molecule has 1 saturated heterocycles. The lowest BCUT2D eigenvalue weighted by molar-refractivity contribution is 0.108. The van der Waals surface area contributed by atoms with Gasteiger partial charge < -0.3 is 14.4 Å². The number of halogens is 1. The number of benzene rings is 1. The summed E-state index contributed by atoms with van der Waals surface area (Å²) in [6.45, 7) is 6.35. The SMILES string of the molecule is CCc1cc(-c2nc(N3CCOCC3)c(COCc3ccc(Cl)cc3)s2)ccn1. The van der Waals surface area contributed by atoms with E-state index in [1.165, 1.54) is 0 Å². The summed E-state index contributed by atoms with van der Waals surface area (Å²) in [5, 5.41) is 1.74. The largest absolute Gasteiger partial charge is 0.378 e. The molecule has 0 N–H and O–H groups in total. The van der Waals surface area contributed by atoms with E-state index in [4.69, 9.17) is 26.1 Å². The second kappa shape index (κ2) is 9.67. The van der Waals surface area contributed by atoms with E-state index < -0.39 is 0 Å². The summed E-state index contributed by atoms with van der Waals surface area (Å²) >= 11 is 7.66. The highest BCUT2D eigenvalue weighted by atomic mass is 35.5. The van der Waals surface area contributed by atoms with E-state index in [0.717, 1.165) is 70.3 Å². The first-order chi connectivity index (χ1) is 14.2. The van der Waals surface area contributed by atoms with Crippen LogP contribution in [0.5, 0.6) is 0 Å². The van der Waals surface area contributed by atoms with Crippen LogP contribution >= 0.6 is 22.9 Å². The molecular formula is C22H24ClN3O2S. The molecule has 3 heterocycles. The number of rotatable bonds is 7. The summed E-state index contributed by atoms with van der Waals surface area (Å²) < 4.78 is 11.5. The van der Waals surface area contributed by atoms with Gasteiger partial charge in [0, 0.05) is 35.6 Å². The number of thiazole rings is 1. The Kier molecular flexibility index (Phi) is 6.77. The Balaban J connectivity index is 1.54. The lowest BCUT2D eigenvalue weighted by Crippen LogP contribution is -2.37. The van der Waals surface area contributed by atoms with Crippen molar-refractivity contribution < 1.29 is 9.47 Å². The summed E-state index contributed by atoms with van der Waals surface area (Å²) in [6, 6.07) is 11.9. The average molecular weight is 430 g/mol. The minimum absolute atomic E-state index is 0.526. The lowest BCUT2D eigenvalue weighted by atomic mass is 10.2. The van der Waals surface area contributed by atoms with Gasteiger partial charge >= 0.3 is 0 Å². The zero-order valence-electron chi connectivity index (χ0n) is 16.4. The molecule has 1 aliphatic heterocycles. The molecule has 29 heavy (non-hydrogen) atoms. The molecule has 1 fully saturated rings. The Morgan fingerprint density at radius 2 is 1.93 bits per heavy atom. The molecule has 7 heteroatoms. The van der Waals surface area contributed by atoms with Gasteiger partial charge in [0.15, 0.2) is 0 Å². The van der Waals surface area contributed by atoms with Gasteiger partial charge in [0.25, 0.3) is 0 Å². The maximum Gasteiger partial charge on any atom is 0.146 e. The van der Waals surface area contributed by atoms with E-state index >= 15 is 0 Å². The van der Waals surface area contributed by atoms with Crippen LogP contribution in [0.1, 0.15) is 23.1 Å². The molecular weight excluding hydrogens is 406 g/mol. The number of hydrogen-bond acceptors (Lipinski definition) is 6. The zero-order valence-corrected chi connectivity index (χ0v) is 18.0. The summed E-state index contributed by atoms with van der Waals surface area (Å²) in [5.74, 6) is 1.01. The van der Waals surface area contributed by atoms with E-state index in [1.807, 2.05) is 36.5 Å². The van der Waals surface area contributed by atoms with Crippen molar-refractivity contribution in [2.75, 3.05) is 31.2 Å². The minimum Gasteiger partial charge on any atom is -0.378 e. The zero-order chi connectivity index (χ0) is 20.1. The number of aromatic nitrogens is 2. The monoisotopic (exact) mass is 429 g/mol. The van der Waals surface area contributed by atoms with Gasteiger partial charge in [-0.2, -0.15) is 0 Å². The highest BCUT2D eigenvalue weighted by molar-refractivity contribution is 7.15. The van der Waals surface area contributed by atoms with Crippen LogP contribution in [0.3, 0.4) is 0 Å². The van der Waals surface area contributed by atoms with Gasteiger partial charge in [-0.3, -0.25) is 4.98 Å². The van der Waals surface area contributed by atoms with Crippen LogP contribution in [0.2, 0.25) is 5.02 Å². The molecule has 0 spiro atoms. The second-order valence-corrected chi connectivity index (χ2v) is 8.39. The first-order valence-electron chi connectivity index (χ1n) is 9.83. The summed E-state index contributed by atoms with van der Waals surface area (Å²) in [7, 11) is 0. The number of nitrogens with zero attached hydrogens (tertiary/aromatic N) is 3. The maximum atomic E-state index is 6.03. The van der Waals surface area contributed by atoms with Gasteiger partial charge in [-0.1, -0.05) is 30.7 Å². The van der Waals surface area contributed by atoms with Crippen LogP contribution in [0.25, 0.3) is 10.6 Å². The quantitative estimate of drug-likeness (QED) is 0.530. The summed E-state index contributed by atoms with van der Waals surface area (Å²) in [5.41, 5.74) is 3.29. The number of hydrogen-bond donors (Lipinski definition) is 0. The molecule has 0 atom stereocenters. The van der Waals surface area contributed by atoms with Gasteiger partial charge in [-0.25, -0.2) is 4.98 Å². The predicted octanol–water partition coefficient (Wildman–Crippen LogP) is 4.97. The van der Waals surface area contributed by atoms with Crippen molar-refractivity contribution in [3.63, 3.8) is 0 Å². The fourth-order valence-electron chi connectivity index (χ4n) is 3.23.